The molecule has 0 radical (unpaired) electrons. The van der Waals surface area contributed by atoms with Gasteiger partial charge in [0.2, 0.25) is 0 Å². The van der Waals surface area contributed by atoms with Gasteiger partial charge >= 0.3 is 6.16 Å². The van der Waals surface area contributed by atoms with E-state index >= 15 is 0 Å². The zero-order chi connectivity index (χ0) is 12.8. The van der Waals surface area contributed by atoms with Crippen LogP contribution < -0.4 is 0 Å². The molecule has 0 amide bonds. The molecule has 98 valence electrons. The van der Waals surface area contributed by atoms with Crippen LogP contribution in [0.25, 0.3) is 10.4 Å². The Bertz CT molecular complexity index is 247. The molecule has 17 heavy (non-hydrogen) atoms. The normalized spacial score (nSPS) is 9.47. The van der Waals surface area contributed by atoms with Gasteiger partial charge in [-0.05, 0) is 5.53 Å². The summed E-state index contributed by atoms with van der Waals surface area (Å²) >= 11 is 5.13. The molecule has 0 N–H and O–H groups in total. The van der Waals surface area contributed by atoms with E-state index in [-0.39, 0.29) is 19.3 Å². The molecule has 0 aliphatic carbocycles. The highest BCUT2D eigenvalue weighted by atomic mass is 35.5. The number of ether oxygens (including phenoxy) is 4. The molecule has 0 rings (SSSR count). The van der Waals surface area contributed by atoms with Crippen LogP contribution in [0.3, 0.4) is 0 Å². The van der Waals surface area contributed by atoms with E-state index in [0.717, 1.165) is 0 Å². The second-order valence-corrected chi connectivity index (χ2v) is 2.75. The molecule has 0 aliphatic rings. The third kappa shape index (κ3) is 12.7. The van der Waals surface area contributed by atoms with Crippen LogP contribution in [0, 0.1) is 0 Å². The van der Waals surface area contributed by atoms with Crippen molar-refractivity contribution >= 4 is 17.8 Å². The number of hydrogen-bond donors (Lipinski definition) is 0. The Morgan fingerprint density at radius 2 is 1.76 bits per heavy atom. The van der Waals surface area contributed by atoms with E-state index in [1.807, 2.05) is 0 Å². The van der Waals surface area contributed by atoms with Crippen LogP contribution in [0.15, 0.2) is 5.11 Å². The van der Waals surface area contributed by atoms with Crippen LogP contribution >= 0.6 is 11.6 Å². The minimum atomic E-state index is -0.825. The van der Waals surface area contributed by atoms with E-state index in [9.17, 15) is 4.79 Å². The zero-order valence-corrected chi connectivity index (χ0v) is 9.97. The molecule has 8 nitrogen and oxygen atoms in total. The van der Waals surface area contributed by atoms with Gasteiger partial charge in [-0.2, -0.15) is 0 Å². The zero-order valence-electron chi connectivity index (χ0n) is 9.21. The second-order valence-electron chi connectivity index (χ2n) is 2.53. The van der Waals surface area contributed by atoms with Crippen molar-refractivity contribution in [2.24, 2.45) is 5.11 Å². The minimum Gasteiger partial charge on any atom is -0.432 e. The van der Waals surface area contributed by atoms with Crippen molar-refractivity contribution in [2.75, 3.05) is 45.6 Å². The van der Waals surface area contributed by atoms with Crippen molar-refractivity contribution in [2.45, 2.75) is 0 Å². The molecule has 9 heteroatoms. The monoisotopic (exact) mass is 267 g/mol. The van der Waals surface area contributed by atoms with Crippen molar-refractivity contribution in [1.29, 1.82) is 0 Å². The van der Waals surface area contributed by atoms with Crippen LogP contribution in [0.4, 0.5) is 4.79 Å². The van der Waals surface area contributed by atoms with Gasteiger partial charge in [0.25, 0.3) is 0 Å². The first-order valence-electron chi connectivity index (χ1n) is 4.83. The summed E-state index contributed by atoms with van der Waals surface area (Å²) in [6.45, 7) is 1.73. The molecule has 0 aromatic heterocycles. The topological polar surface area (TPSA) is 103 Å². The van der Waals surface area contributed by atoms with Crippen molar-refractivity contribution in [1.82, 2.24) is 0 Å². The van der Waals surface area contributed by atoms with Crippen LogP contribution in [0.1, 0.15) is 0 Å². The molecule has 0 saturated heterocycles. The van der Waals surface area contributed by atoms with Gasteiger partial charge in [0.15, 0.2) is 6.07 Å². The molecule has 0 heterocycles. The fraction of sp³-hybridized carbons (Fsp3) is 0.875. The highest BCUT2D eigenvalue weighted by Crippen LogP contribution is 1.88. The average Bonchev–Trinajstić information content (AvgIpc) is 2.32. The van der Waals surface area contributed by atoms with Gasteiger partial charge in [-0.1, -0.05) is 16.7 Å². The molecule has 0 atom stereocenters. The van der Waals surface area contributed by atoms with Gasteiger partial charge in [-0.25, -0.2) is 4.79 Å². The Hall–Kier alpha value is -1.21. The van der Waals surface area contributed by atoms with E-state index in [1.54, 1.807) is 0 Å². The van der Waals surface area contributed by atoms with E-state index < -0.39 is 6.16 Å². The summed E-state index contributed by atoms with van der Waals surface area (Å²) in [5.41, 5.74) is 7.97. The van der Waals surface area contributed by atoms with Crippen LogP contribution in [-0.2, 0) is 18.9 Å². The largest absolute Gasteiger partial charge is 0.509 e. The Morgan fingerprint density at radius 3 is 2.41 bits per heavy atom. The summed E-state index contributed by atoms with van der Waals surface area (Å²) in [5.74, 6) is 0. The molecule has 0 unspecified atom stereocenters. The van der Waals surface area contributed by atoms with Crippen molar-refractivity contribution in [3.63, 3.8) is 0 Å². The minimum absolute atomic E-state index is 0.0917. The van der Waals surface area contributed by atoms with Crippen molar-refractivity contribution < 1.29 is 23.7 Å². The van der Waals surface area contributed by atoms with E-state index in [0.29, 0.717) is 26.4 Å². The molecule has 0 saturated carbocycles. The summed E-state index contributed by atoms with van der Waals surface area (Å²) < 4.78 is 19.0. The molecule has 0 aromatic carbocycles. The Balaban J connectivity index is 3.08. The average molecular weight is 268 g/mol. The van der Waals surface area contributed by atoms with Crippen molar-refractivity contribution in [3.05, 3.63) is 10.4 Å². The highest BCUT2D eigenvalue weighted by molar-refractivity contribution is 6.17. The lowest BCUT2D eigenvalue weighted by atomic mass is 10.7. The summed E-state index contributed by atoms with van der Waals surface area (Å²) in [7, 11) is 0. The maximum atomic E-state index is 10.6. The third-order valence-electron chi connectivity index (χ3n) is 1.39. The summed E-state index contributed by atoms with van der Waals surface area (Å²) in [6.07, 6.45) is -0.825. The lowest BCUT2D eigenvalue weighted by Gasteiger charge is -2.05. The molecular weight excluding hydrogens is 254 g/mol. The number of hydrogen-bond acceptors (Lipinski definition) is 6. The highest BCUT2D eigenvalue weighted by Gasteiger charge is 2.01. The lowest BCUT2D eigenvalue weighted by Crippen LogP contribution is -2.13. The molecule has 0 fully saturated rings. The number of rotatable bonds is 10. The predicted molar refractivity (Wildman–Crippen MR) is 58.8 cm³/mol. The van der Waals surface area contributed by atoms with Gasteiger partial charge in [0.1, 0.15) is 6.61 Å². The smallest absolute Gasteiger partial charge is 0.432 e. The summed E-state index contributed by atoms with van der Waals surface area (Å²) in [4.78, 5) is 13.2. The van der Waals surface area contributed by atoms with E-state index in [1.165, 1.54) is 0 Å². The van der Waals surface area contributed by atoms with Crippen molar-refractivity contribution in [3.8, 4) is 0 Å². The molecule has 0 spiro atoms. The Morgan fingerprint density at radius 1 is 1.12 bits per heavy atom. The standard InChI is InChI=1S/C8H14ClN3O5/c9-7-17-8(13)16-6-5-15-4-3-14-2-1-11-12-10/h1-7H2. The Kier molecular flexibility index (Phi) is 11.9. The van der Waals surface area contributed by atoms with Gasteiger partial charge < -0.3 is 18.9 Å². The van der Waals surface area contributed by atoms with Gasteiger partial charge in [-0.15, -0.1) is 0 Å². The fourth-order valence-electron chi connectivity index (χ4n) is 0.742. The molecule has 0 bridgehead atoms. The Labute approximate surface area is 103 Å². The van der Waals surface area contributed by atoms with Crippen LogP contribution in [-0.4, -0.2) is 51.8 Å². The fourth-order valence-corrected chi connectivity index (χ4v) is 0.831. The third-order valence-corrected chi connectivity index (χ3v) is 1.50. The van der Waals surface area contributed by atoms with Crippen LogP contribution in [0.2, 0.25) is 0 Å². The SMILES string of the molecule is [N-]=[N+]=NCCOCCOCCOC(=O)OCCl. The summed E-state index contributed by atoms with van der Waals surface area (Å²) in [5, 5.41) is 3.29. The van der Waals surface area contributed by atoms with Crippen LogP contribution in [0.5, 0.6) is 0 Å². The molecule has 0 aliphatic heterocycles. The molecule has 0 aromatic rings. The quantitative estimate of drug-likeness (QED) is 0.150. The van der Waals surface area contributed by atoms with E-state index in [2.05, 4.69) is 19.5 Å². The number of halogens is 1. The van der Waals surface area contributed by atoms with Gasteiger partial charge in [-0.3, -0.25) is 0 Å². The summed E-state index contributed by atoms with van der Waals surface area (Å²) in [6, 6.07) is -0.237. The first kappa shape index (κ1) is 15.8. The predicted octanol–water partition coefficient (Wildman–Crippen LogP) is 1.68. The maximum Gasteiger partial charge on any atom is 0.509 e. The number of azide groups is 1. The second kappa shape index (κ2) is 12.9. The number of nitrogens with zero attached hydrogens (tertiary/aromatic N) is 3. The lowest BCUT2D eigenvalue weighted by molar-refractivity contribution is 0.0141. The number of carbonyl (C=O) groups excluding carboxylic acids is 1. The van der Waals surface area contributed by atoms with Gasteiger partial charge in [0.05, 0.1) is 26.4 Å². The first-order valence-corrected chi connectivity index (χ1v) is 5.36. The first-order chi connectivity index (χ1) is 8.31. The number of alkyl halides is 1. The van der Waals surface area contributed by atoms with Gasteiger partial charge in [0, 0.05) is 11.5 Å². The number of carbonyl (C=O) groups is 1. The van der Waals surface area contributed by atoms with E-state index in [4.69, 9.17) is 26.6 Å². The molecular formula is C8H14ClN3O5. The maximum absolute atomic E-state index is 10.6.